The zero-order valence-corrected chi connectivity index (χ0v) is 13.5. The molecule has 2 atom stereocenters. The van der Waals surface area contributed by atoms with E-state index in [1.807, 2.05) is 12.1 Å². The van der Waals surface area contributed by atoms with Gasteiger partial charge >= 0.3 is 0 Å². The van der Waals surface area contributed by atoms with Gasteiger partial charge in [0.2, 0.25) is 0 Å². The summed E-state index contributed by atoms with van der Waals surface area (Å²) in [5.74, 6) is 1.61. The van der Waals surface area contributed by atoms with Crippen molar-refractivity contribution in [3.05, 3.63) is 28.8 Å². The predicted molar refractivity (Wildman–Crippen MR) is 86.5 cm³/mol. The average molecular weight is 296 g/mol. The van der Waals surface area contributed by atoms with Gasteiger partial charge in [-0.05, 0) is 55.7 Å². The van der Waals surface area contributed by atoms with Crippen LogP contribution in [0.5, 0.6) is 0 Å². The summed E-state index contributed by atoms with van der Waals surface area (Å²) in [6.07, 6.45) is 3.32. The number of benzene rings is 1. The van der Waals surface area contributed by atoms with Crippen LogP contribution in [0, 0.1) is 11.8 Å². The van der Waals surface area contributed by atoms with E-state index in [1.165, 1.54) is 24.9 Å². The molecule has 2 unspecified atom stereocenters. The van der Waals surface area contributed by atoms with Gasteiger partial charge in [-0.3, -0.25) is 0 Å². The quantitative estimate of drug-likeness (QED) is 0.877. The molecule has 2 nitrogen and oxygen atoms in total. The topological polar surface area (TPSA) is 23.5 Å². The second-order valence-corrected chi connectivity index (χ2v) is 6.71. The maximum absolute atomic E-state index is 9.65. The first kappa shape index (κ1) is 15.7. The lowest BCUT2D eigenvalue weighted by Crippen LogP contribution is -2.24. The summed E-state index contributed by atoms with van der Waals surface area (Å²) < 4.78 is 0. The fourth-order valence-corrected chi connectivity index (χ4v) is 3.43. The first-order chi connectivity index (χ1) is 9.49. The van der Waals surface area contributed by atoms with E-state index >= 15 is 0 Å². The van der Waals surface area contributed by atoms with Crippen molar-refractivity contribution >= 4 is 17.3 Å². The molecular weight excluding hydrogens is 270 g/mol. The molecule has 20 heavy (non-hydrogen) atoms. The van der Waals surface area contributed by atoms with Crippen LogP contribution in [0.1, 0.15) is 51.7 Å². The van der Waals surface area contributed by atoms with Crippen molar-refractivity contribution in [3.63, 3.8) is 0 Å². The minimum atomic E-state index is -0.508. The molecule has 2 rings (SSSR count). The van der Waals surface area contributed by atoms with Crippen molar-refractivity contribution in [1.82, 2.24) is 0 Å². The molecule has 0 amide bonds. The highest BCUT2D eigenvalue weighted by Crippen LogP contribution is 2.31. The molecular formula is C17H26ClNO. The van der Waals surface area contributed by atoms with Gasteiger partial charge in [-0.15, -0.1) is 0 Å². The van der Waals surface area contributed by atoms with Gasteiger partial charge in [-0.1, -0.05) is 31.5 Å². The fraction of sp³-hybridized carbons (Fsp3) is 0.647. The second kappa shape index (κ2) is 6.82. The Morgan fingerprint density at radius 1 is 1.20 bits per heavy atom. The number of hydrogen-bond donors (Lipinski definition) is 1. The molecule has 0 aliphatic carbocycles. The van der Waals surface area contributed by atoms with Crippen molar-refractivity contribution in [2.75, 3.05) is 18.0 Å². The summed E-state index contributed by atoms with van der Waals surface area (Å²) in [7, 11) is 0. The first-order valence-corrected chi connectivity index (χ1v) is 8.09. The van der Waals surface area contributed by atoms with Crippen LogP contribution in [0.25, 0.3) is 0 Å². The van der Waals surface area contributed by atoms with Gasteiger partial charge in [-0.25, -0.2) is 0 Å². The van der Waals surface area contributed by atoms with E-state index in [2.05, 4.69) is 24.8 Å². The van der Waals surface area contributed by atoms with Crippen LogP contribution < -0.4 is 4.90 Å². The van der Waals surface area contributed by atoms with Crippen LogP contribution in [0.3, 0.4) is 0 Å². The zero-order chi connectivity index (χ0) is 14.7. The standard InChI is InChI=1S/C17H26ClNO/c1-12(2)14-5-4-9-19(10-8-14)15-6-7-16(13(3)20)17(18)11-15/h6-7,11-14,20H,4-5,8-10H2,1-3H3. The van der Waals surface area contributed by atoms with E-state index in [0.717, 1.165) is 30.5 Å². The number of anilines is 1. The first-order valence-electron chi connectivity index (χ1n) is 7.71. The smallest absolute Gasteiger partial charge is 0.0776 e. The Labute approximate surface area is 127 Å². The van der Waals surface area contributed by atoms with Crippen LogP contribution in [0.15, 0.2) is 18.2 Å². The molecule has 1 aromatic carbocycles. The molecule has 1 aromatic rings. The van der Waals surface area contributed by atoms with E-state index in [-0.39, 0.29) is 0 Å². The maximum atomic E-state index is 9.65. The number of nitrogens with zero attached hydrogens (tertiary/aromatic N) is 1. The Bertz CT molecular complexity index is 445. The third-order valence-electron chi connectivity index (χ3n) is 4.51. The SMILES string of the molecule is CC(O)c1ccc(N2CCCC(C(C)C)CC2)cc1Cl. The van der Waals surface area contributed by atoms with Crippen LogP contribution >= 0.6 is 11.6 Å². The fourth-order valence-electron chi connectivity index (χ4n) is 3.10. The largest absolute Gasteiger partial charge is 0.389 e. The maximum Gasteiger partial charge on any atom is 0.0776 e. The number of halogens is 1. The molecule has 1 saturated heterocycles. The summed E-state index contributed by atoms with van der Waals surface area (Å²) >= 11 is 6.28. The van der Waals surface area contributed by atoms with Crippen LogP contribution in [-0.4, -0.2) is 18.2 Å². The minimum absolute atomic E-state index is 0.508. The van der Waals surface area contributed by atoms with Crippen molar-refractivity contribution in [1.29, 1.82) is 0 Å². The minimum Gasteiger partial charge on any atom is -0.389 e. The molecule has 1 aliphatic rings. The van der Waals surface area contributed by atoms with Crippen molar-refractivity contribution in [2.45, 2.75) is 46.1 Å². The lowest BCUT2D eigenvalue weighted by Gasteiger charge is -2.24. The van der Waals surface area contributed by atoms with E-state index in [4.69, 9.17) is 11.6 Å². The van der Waals surface area contributed by atoms with Crippen molar-refractivity contribution in [2.24, 2.45) is 11.8 Å². The molecule has 112 valence electrons. The van der Waals surface area contributed by atoms with E-state index < -0.39 is 6.10 Å². The summed E-state index contributed by atoms with van der Waals surface area (Å²) in [6.45, 7) is 8.62. The molecule has 0 spiro atoms. The lowest BCUT2D eigenvalue weighted by molar-refractivity contribution is 0.199. The monoisotopic (exact) mass is 295 g/mol. The van der Waals surface area contributed by atoms with Gasteiger partial charge in [0.25, 0.3) is 0 Å². The van der Waals surface area contributed by atoms with Crippen LogP contribution in [-0.2, 0) is 0 Å². The van der Waals surface area contributed by atoms with Gasteiger partial charge in [0.05, 0.1) is 6.10 Å². The number of aliphatic hydroxyl groups excluding tert-OH is 1. The Kier molecular flexibility index (Phi) is 5.34. The highest BCUT2D eigenvalue weighted by Gasteiger charge is 2.20. The molecule has 1 aliphatic heterocycles. The lowest BCUT2D eigenvalue weighted by atomic mass is 9.89. The third-order valence-corrected chi connectivity index (χ3v) is 4.84. The normalized spacial score (nSPS) is 21.9. The van der Waals surface area contributed by atoms with Crippen LogP contribution in [0.4, 0.5) is 5.69 Å². The van der Waals surface area contributed by atoms with Gasteiger partial charge in [-0.2, -0.15) is 0 Å². The third kappa shape index (κ3) is 3.67. The molecule has 0 radical (unpaired) electrons. The molecule has 1 fully saturated rings. The number of rotatable bonds is 3. The Morgan fingerprint density at radius 2 is 1.95 bits per heavy atom. The number of hydrogen-bond acceptors (Lipinski definition) is 2. The highest BCUT2D eigenvalue weighted by molar-refractivity contribution is 6.31. The Hall–Kier alpha value is -0.730. The van der Waals surface area contributed by atoms with Gasteiger partial charge in [0.1, 0.15) is 0 Å². The van der Waals surface area contributed by atoms with E-state index in [0.29, 0.717) is 5.02 Å². The highest BCUT2D eigenvalue weighted by atomic mass is 35.5. The molecule has 1 heterocycles. The van der Waals surface area contributed by atoms with E-state index in [9.17, 15) is 5.11 Å². The summed E-state index contributed by atoms with van der Waals surface area (Å²) in [4.78, 5) is 2.43. The second-order valence-electron chi connectivity index (χ2n) is 6.30. The molecule has 0 aromatic heterocycles. The van der Waals surface area contributed by atoms with Crippen LogP contribution in [0.2, 0.25) is 5.02 Å². The van der Waals surface area contributed by atoms with Gasteiger partial charge in [0.15, 0.2) is 0 Å². The molecule has 0 bridgehead atoms. The molecule has 0 saturated carbocycles. The van der Waals surface area contributed by atoms with E-state index in [1.54, 1.807) is 6.92 Å². The predicted octanol–water partition coefficient (Wildman–Crippen LogP) is 4.66. The summed E-state index contributed by atoms with van der Waals surface area (Å²) in [5, 5.41) is 10.3. The summed E-state index contributed by atoms with van der Waals surface area (Å²) in [6, 6.07) is 6.04. The Balaban J connectivity index is 2.10. The number of aliphatic hydroxyl groups is 1. The van der Waals surface area contributed by atoms with Gasteiger partial charge < -0.3 is 10.0 Å². The zero-order valence-electron chi connectivity index (χ0n) is 12.8. The average Bonchev–Trinajstić information content (AvgIpc) is 2.63. The van der Waals surface area contributed by atoms with Crippen molar-refractivity contribution < 1.29 is 5.11 Å². The molecule has 3 heteroatoms. The van der Waals surface area contributed by atoms with Gasteiger partial charge in [0, 0.05) is 23.8 Å². The molecule has 1 N–H and O–H groups in total. The van der Waals surface area contributed by atoms with Crippen molar-refractivity contribution in [3.8, 4) is 0 Å². The summed E-state index contributed by atoms with van der Waals surface area (Å²) in [5.41, 5.74) is 1.99. The Morgan fingerprint density at radius 3 is 2.55 bits per heavy atom.